The molecule has 204 valence electrons. The van der Waals surface area contributed by atoms with Crippen molar-refractivity contribution in [3.63, 3.8) is 0 Å². The summed E-state index contributed by atoms with van der Waals surface area (Å²) in [6.07, 6.45) is 10.7. The normalized spacial score (nSPS) is 16.4. The van der Waals surface area contributed by atoms with Crippen molar-refractivity contribution in [2.45, 2.75) is 45.4 Å². The van der Waals surface area contributed by atoms with Gasteiger partial charge >= 0.3 is 5.97 Å². The van der Waals surface area contributed by atoms with E-state index < -0.39 is 5.97 Å². The van der Waals surface area contributed by atoms with Gasteiger partial charge in [-0.1, -0.05) is 18.2 Å². The SMILES string of the molecule is CCOC(=O)c1c(NC(=O)CSC2=N/C(=C/c3cnn(C)c3)C(=O)N2CCCOC)sc2c1CCCCC2. The summed E-state index contributed by atoms with van der Waals surface area (Å²) >= 11 is 2.66. The maximum absolute atomic E-state index is 13.1. The van der Waals surface area contributed by atoms with Gasteiger partial charge in [-0.2, -0.15) is 5.10 Å². The van der Waals surface area contributed by atoms with Gasteiger partial charge in [0.05, 0.1) is 24.1 Å². The molecule has 0 unspecified atom stereocenters. The summed E-state index contributed by atoms with van der Waals surface area (Å²) < 4.78 is 12.1. The van der Waals surface area contributed by atoms with Crippen molar-refractivity contribution in [3.8, 4) is 0 Å². The Balaban J connectivity index is 1.49. The summed E-state index contributed by atoms with van der Waals surface area (Å²) in [4.78, 5) is 46.2. The van der Waals surface area contributed by atoms with Crippen molar-refractivity contribution >= 4 is 57.1 Å². The minimum absolute atomic E-state index is 0.0396. The number of amides is 2. The minimum atomic E-state index is -0.393. The Morgan fingerprint density at radius 2 is 2.08 bits per heavy atom. The standard InChI is InChI=1S/C26H33N5O5S2/c1-4-36-25(34)22-18-9-6-5-7-10-20(18)38-23(22)29-21(32)16-37-26-28-19(13-17-14-27-30(2)15-17)24(33)31(26)11-8-12-35-3/h13-15H,4-12,16H2,1-3H3,(H,29,32)/b19-13+. The van der Waals surface area contributed by atoms with Crippen LogP contribution in [0.4, 0.5) is 5.00 Å². The third-order valence-electron chi connectivity index (χ3n) is 6.16. The summed E-state index contributed by atoms with van der Waals surface area (Å²) in [6.45, 7) is 2.98. The molecular formula is C26H33N5O5S2. The van der Waals surface area contributed by atoms with Crippen LogP contribution in [0.2, 0.25) is 0 Å². The van der Waals surface area contributed by atoms with E-state index in [0.29, 0.717) is 41.0 Å². The van der Waals surface area contributed by atoms with Crippen molar-refractivity contribution in [2.24, 2.45) is 12.0 Å². The van der Waals surface area contributed by atoms with Crippen LogP contribution in [0.1, 0.15) is 59.0 Å². The maximum Gasteiger partial charge on any atom is 0.341 e. The Labute approximate surface area is 230 Å². The van der Waals surface area contributed by atoms with Crippen LogP contribution >= 0.6 is 23.1 Å². The number of hydrogen-bond donors (Lipinski definition) is 1. The zero-order chi connectivity index (χ0) is 27.1. The van der Waals surface area contributed by atoms with Crippen LogP contribution < -0.4 is 5.32 Å². The fourth-order valence-corrected chi connectivity index (χ4v) is 6.54. The predicted molar refractivity (Wildman–Crippen MR) is 149 cm³/mol. The predicted octanol–water partition coefficient (Wildman–Crippen LogP) is 3.87. The molecule has 2 amide bonds. The van der Waals surface area contributed by atoms with E-state index in [1.54, 1.807) is 49.1 Å². The molecule has 0 spiro atoms. The van der Waals surface area contributed by atoms with Crippen LogP contribution in [0.25, 0.3) is 6.08 Å². The maximum atomic E-state index is 13.1. The fraction of sp³-hybridized carbons (Fsp3) is 0.500. The zero-order valence-corrected chi connectivity index (χ0v) is 23.6. The van der Waals surface area contributed by atoms with Crippen LogP contribution in [-0.4, -0.2) is 70.3 Å². The number of rotatable bonds is 10. The molecule has 2 aliphatic rings. The number of nitrogens with zero attached hydrogens (tertiary/aromatic N) is 4. The van der Waals surface area contributed by atoms with Crippen molar-refractivity contribution < 1.29 is 23.9 Å². The number of carbonyl (C=O) groups excluding carboxylic acids is 3. The number of esters is 1. The molecular weight excluding hydrogens is 526 g/mol. The van der Waals surface area contributed by atoms with E-state index in [-0.39, 0.29) is 24.2 Å². The van der Waals surface area contributed by atoms with Gasteiger partial charge in [0.1, 0.15) is 10.7 Å². The molecule has 0 radical (unpaired) electrons. The third kappa shape index (κ3) is 6.72. The number of aliphatic imine (C=N–C) groups is 1. The van der Waals surface area contributed by atoms with Gasteiger partial charge in [-0.15, -0.1) is 11.3 Å². The van der Waals surface area contributed by atoms with Crippen molar-refractivity contribution in [2.75, 3.05) is 37.9 Å². The molecule has 10 nitrogen and oxygen atoms in total. The van der Waals surface area contributed by atoms with Crippen LogP contribution in [0.15, 0.2) is 23.1 Å². The van der Waals surface area contributed by atoms with E-state index >= 15 is 0 Å². The van der Waals surface area contributed by atoms with E-state index in [9.17, 15) is 14.4 Å². The van der Waals surface area contributed by atoms with E-state index in [1.165, 1.54) is 23.1 Å². The molecule has 1 aliphatic heterocycles. The second-order valence-corrected chi connectivity index (χ2v) is 11.0. The number of aromatic nitrogens is 2. The number of hydrogen-bond acceptors (Lipinski definition) is 9. The Hall–Kier alpha value is -2.96. The Morgan fingerprint density at radius 1 is 1.26 bits per heavy atom. The number of fused-ring (bicyclic) bond motifs is 1. The molecule has 1 N–H and O–H groups in total. The third-order valence-corrected chi connectivity index (χ3v) is 8.34. The molecule has 38 heavy (non-hydrogen) atoms. The van der Waals surface area contributed by atoms with Crippen molar-refractivity contribution in [1.82, 2.24) is 14.7 Å². The van der Waals surface area contributed by atoms with Gasteiger partial charge in [-0.3, -0.25) is 19.2 Å². The van der Waals surface area contributed by atoms with Gasteiger partial charge in [0, 0.05) is 43.9 Å². The number of thiophene rings is 1. The van der Waals surface area contributed by atoms with Gasteiger partial charge in [0.25, 0.3) is 5.91 Å². The second kappa shape index (κ2) is 13.2. The zero-order valence-electron chi connectivity index (χ0n) is 21.9. The van der Waals surface area contributed by atoms with Gasteiger partial charge < -0.3 is 14.8 Å². The Kier molecular flexibility index (Phi) is 9.75. The molecule has 2 aromatic rings. The number of thioether (sulfide) groups is 1. The highest BCUT2D eigenvalue weighted by molar-refractivity contribution is 8.14. The highest BCUT2D eigenvalue weighted by Gasteiger charge is 2.31. The number of aryl methyl sites for hydroxylation is 2. The quantitative estimate of drug-likeness (QED) is 0.203. The molecule has 0 atom stereocenters. The number of anilines is 1. The lowest BCUT2D eigenvalue weighted by Crippen LogP contribution is -2.32. The monoisotopic (exact) mass is 559 g/mol. The lowest BCUT2D eigenvalue weighted by Gasteiger charge is -2.17. The molecule has 0 saturated heterocycles. The number of ether oxygens (including phenoxy) is 2. The average Bonchev–Trinajstić information content (AvgIpc) is 3.48. The number of methoxy groups -OCH3 is 1. The first-order valence-corrected chi connectivity index (χ1v) is 14.6. The summed E-state index contributed by atoms with van der Waals surface area (Å²) in [5.41, 5.74) is 2.56. The van der Waals surface area contributed by atoms with Gasteiger partial charge in [-0.25, -0.2) is 9.79 Å². The summed E-state index contributed by atoms with van der Waals surface area (Å²) in [5, 5.41) is 8.07. The van der Waals surface area contributed by atoms with E-state index in [4.69, 9.17) is 9.47 Å². The number of nitrogens with one attached hydrogen (secondary N) is 1. The lowest BCUT2D eigenvalue weighted by atomic mass is 10.1. The molecule has 0 aromatic carbocycles. The first kappa shape index (κ1) is 28.1. The average molecular weight is 560 g/mol. The van der Waals surface area contributed by atoms with Crippen LogP contribution in [0.3, 0.4) is 0 Å². The highest BCUT2D eigenvalue weighted by atomic mass is 32.2. The van der Waals surface area contributed by atoms with Crippen molar-refractivity contribution in [1.29, 1.82) is 0 Å². The van der Waals surface area contributed by atoms with Crippen LogP contribution in [0.5, 0.6) is 0 Å². The Morgan fingerprint density at radius 3 is 2.82 bits per heavy atom. The van der Waals surface area contributed by atoms with Crippen molar-refractivity contribution in [3.05, 3.63) is 39.7 Å². The summed E-state index contributed by atoms with van der Waals surface area (Å²) in [7, 11) is 3.42. The second-order valence-electron chi connectivity index (χ2n) is 9.00. The first-order valence-electron chi connectivity index (χ1n) is 12.7. The molecule has 0 fully saturated rings. The molecule has 4 rings (SSSR count). The minimum Gasteiger partial charge on any atom is -0.462 e. The highest BCUT2D eigenvalue weighted by Crippen LogP contribution is 2.38. The van der Waals surface area contributed by atoms with Crippen LogP contribution in [0, 0.1) is 0 Å². The number of carbonyl (C=O) groups is 3. The molecule has 12 heteroatoms. The lowest BCUT2D eigenvalue weighted by molar-refractivity contribution is -0.122. The molecule has 1 aliphatic carbocycles. The van der Waals surface area contributed by atoms with E-state index in [0.717, 1.165) is 48.1 Å². The topological polar surface area (TPSA) is 115 Å². The van der Waals surface area contributed by atoms with Crippen LogP contribution in [-0.2, 0) is 39.0 Å². The largest absolute Gasteiger partial charge is 0.462 e. The fourth-order valence-electron chi connectivity index (χ4n) is 4.42. The summed E-state index contributed by atoms with van der Waals surface area (Å²) in [5.74, 6) is -0.846. The first-order chi connectivity index (χ1) is 18.4. The summed E-state index contributed by atoms with van der Waals surface area (Å²) in [6, 6.07) is 0. The molecule has 0 bridgehead atoms. The smallest absolute Gasteiger partial charge is 0.341 e. The van der Waals surface area contributed by atoms with E-state index in [1.807, 2.05) is 0 Å². The Bertz CT molecular complexity index is 1250. The van der Waals surface area contributed by atoms with E-state index in [2.05, 4.69) is 15.4 Å². The van der Waals surface area contributed by atoms with Gasteiger partial charge in [-0.05, 0) is 50.7 Å². The van der Waals surface area contributed by atoms with Gasteiger partial charge in [0.15, 0.2) is 5.17 Å². The van der Waals surface area contributed by atoms with Gasteiger partial charge in [0.2, 0.25) is 5.91 Å². The molecule has 3 heterocycles. The molecule has 2 aromatic heterocycles. The number of amidine groups is 1. The molecule has 0 saturated carbocycles.